The zero-order valence-electron chi connectivity index (χ0n) is 18.5. The summed E-state index contributed by atoms with van der Waals surface area (Å²) in [7, 11) is 3.14. The highest BCUT2D eigenvalue weighted by Gasteiger charge is 2.14. The molecule has 6 aromatic rings. The first kappa shape index (κ1) is 21.5. The number of fused-ring (bicyclic) bond motifs is 2. The molecule has 0 saturated carbocycles. The number of rotatable bonds is 7. The highest BCUT2D eigenvalue weighted by molar-refractivity contribution is 7.18. The summed E-state index contributed by atoms with van der Waals surface area (Å²) in [5, 5.41) is 9.66. The molecule has 35 heavy (non-hydrogen) atoms. The van der Waals surface area contributed by atoms with Gasteiger partial charge in [-0.2, -0.15) is 0 Å². The van der Waals surface area contributed by atoms with Gasteiger partial charge in [-0.05, 0) is 53.0 Å². The summed E-state index contributed by atoms with van der Waals surface area (Å²) < 4.78 is 34.1. The lowest BCUT2D eigenvalue weighted by Gasteiger charge is -2.09. The highest BCUT2D eigenvalue weighted by Crippen LogP contribution is 2.29. The number of halogens is 1. The second-order valence-corrected chi connectivity index (χ2v) is 9.31. The molecule has 0 amide bonds. The van der Waals surface area contributed by atoms with Crippen molar-refractivity contribution in [1.82, 2.24) is 29.2 Å². The van der Waals surface area contributed by atoms with E-state index in [1.165, 1.54) is 28.7 Å². The molecule has 0 atom stereocenters. The number of nitrogens with zero attached hydrogens (tertiary/aromatic N) is 6. The Morgan fingerprint density at radius 3 is 2.06 bits per heavy atom. The fraction of sp³-hybridized carbons (Fsp3) is 0.130. The predicted molar refractivity (Wildman–Crippen MR) is 130 cm³/mol. The van der Waals surface area contributed by atoms with Crippen LogP contribution >= 0.6 is 22.7 Å². The summed E-state index contributed by atoms with van der Waals surface area (Å²) in [6.45, 7) is 0.0639. The monoisotopic (exact) mass is 508 g/mol. The SMILES string of the molecule is COc1nn2cc(-c3cccc(OCc4cc(-c5cn6nc(OC)sc6n5)ccc4F)c3)nc2s1. The molecular formula is C23H17FN6O3S2. The number of imidazole rings is 2. The third kappa shape index (κ3) is 4.06. The van der Waals surface area contributed by atoms with Gasteiger partial charge in [0.05, 0.1) is 38.0 Å². The van der Waals surface area contributed by atoms with Gasteiger partial charge in [0.15, 0.2) is 0 Å². The van der Waals surface area contributed by atoms with Crippen molar-refractivity contribution in [3.63, 3.8) is 0 Å². The molecule has 4 aromatic heterocycles. The molecule has 0 fully saturated rings. The van der Waals surface area contributed by atoms with Crippen molar-refractivity contribution in [1.29, 1.82) is 0 Å². The fourth-order valence-electron chi connectivity index (χ4n) is 3.56. The number of methoxy groups -OCH3 is 2. The van der Waals surface area contributed by atoms with Crippen molar-refractivity contribution in [2.45, 2.75) is 6.61 Å². The normalized spacial score (nSPS) is 11.4. The Hall–Kier alpha value is -4.03. The maximum absolute atomic E-state index is 14.6. The molecule has 176 valence electrons. The number of benzene rings is 2. The van der Waals surface area contributed by atoms with Gasteiger partial charge in [0, 0.05) is 16.7 Å². The van der Waals surface area contributed by atoms with Crippen LogP contribution in [0.3, 0.4) is 0 Å². The van der Waals surface area contributed by atoms with Gasteiger partial charge in [-0.15, -0.1) is 10.2 Å². The van der Waals surface area contributed by atoms with Crippen molar-refractivity contribution in [3.8, 4) is 38.7 Å². The molecule has 0 N–H and O–H groups in total. The number of aromatic nitrogens is 6. The molecule has 0 aliphatic heterocycles. The van der Waals surface area contributed by atoms with Crippen LogP contribution in [0.5, 0.6) is 16.1 Å². The summed E-state index contributed by atoms with van der Waals surface area (Å²) in [4.78, 5) is 10.6. The summed E-state index contributed by atoms with van der Waals surface area (Å²) in [5.41, 5.74) is 3.52. The first-order chi connectivity index (χ1) is 17.1. The lowest BCUT2D eigenvalue weighted by atomic mass is 10.1. The number of hydrogen-bond acceptors (Lipinski definition) is 9. The summed E-state index contributed by atoms with van der Waals surface area (Å²) in [6.07, 6.45) is 3.62. The van der Waals surface area contributed by atoms with Gasteiger partial charge in [-0.25, -0.2) is 23.4 Å². The van der Waals surface area contributed by atoms with Crippen molar-refractivity contribution < 1.29 is 18.6 Å². The summed E-state index contributed by atoms with van der Waals surface area (Å²) >= 11 is 2.69. The van der Waals surface area contributed by atoms with Gasteiger partial charge in [-0.1, -0.05) is 12.1 Å². The van der Waals surface area contributed by atoms with Crippen LogP contribution < -0.4 is 14.2 Å². The van der Waals surface area contributed by atoms with E-state index in [0.717, 1.165) is 21.8 Å². The van der Waals surface area contributed by atoms with Crippen LogP contribution in [0.4, 0.5) is 4.39 Å². The van der Waals surface area contributed by atoms with Crippen LogP contribution in [0, 0.1) is 5.82 Å². The van der Waals surface area contributed by atoms with Crippen molar-refractivity contribution in [2.75, 3.05) is 14.2 Å². The molecule has 0 aliphatic rings. The van der Waals surface area contributed by atoms with E-state index >= 15 is 0 Å². The van der Waals surface area contributed by atoms with E-state index in [1.807, 2.05) is 30.5 Å². The van der Waals surface area contributed by atoms with E-state index in [1.54, 1.807) is 41.6 Å². The van der Waals surface area contributed by atoms with Gasteiger partial charge in [-0.3, -0.25) is 0 Å². The zero-order chi connectivity index (χ0) is 23.9. The second-order valence-electron chi connectivity index (χ2n) is 7.47. The van der Waals surface area contributed by atoms with E-state index in [0.29, 0.717) is 32.4 Å². The number of hydrogen-bond donors (Lipinski definition) is 0. The van der Waals surface area contributed by atoms with Crippen molar-refractivity contribution >= 4 is 32.6 Å². The van der Waals surface area contributed by atoms with Gasteiger partial charge < -0.3 is 14.2 Å². The van der Waals surface area contributed by atoms with E-state index in [9.17, 15) is 4.39 Å². The molecule has 6 rings (SSSR count). The highest BCUT2D eigenvalue weighted by atomic mass is 32.1. The molecule has 0 spiro atoms. The first-order valence-electron chi connectivity index (χ1n) is 10.4. The molecule has 12 heteroatoms. The lowest BCUT2D eigenvalue weighted by molar-refractivity contribution is 0.300. The topological polar surface area (TPSA) is 88.1 Å². The largest absolute Gasteiger partial charge is 0.489 e. The molecule has 2 aromatic carbocycles. The van der Waals surface area contributed by atoms with E-state index < -0.39 is 0 Å². The third-order valence-corrected chi connectivity index (χ3v) is 7.03. The Bertz CT molecular complexity index is 1610. The van der Waals surface area contributed by atoms with Gasteiger partial charge in [0.25, 0.3) is 10.4 Å². The van der Waals surface area contributed by atoms with Crippen LogP contribution in [0.1, 0.15) is 5.56 Å². The molecule has 9 nitrogen and oxygen atoms in total. The third-order valence-electron chi connectivity index (χ3n) is 5.26. The first-order valence-corrected chi connectivity index (χ1v) is 12.1. The quantitative estimate of drug-likeness (QED) is 0.301. The van der Waals surface area contributed by atoms with Crippen LogP contribution in [-0.2, 0) is 6.61 Å². The maximum Gasteiger partial charge on any atom is 0.294 e. The molecule has 0 saturated heterocycles. The molecule has 0 unspecified atom stereocenters. The molecule has 4 heterocycles. The Labute approximate surface area is 206 Å². The standard InChI is InChI=1S/C23H17FN6O3S2/c1-31-22-27-29-10-18(25-20(29)34-22)13-4-3-5-16(9-13)33-12-15-8-14(6-7-17(15)24)19-11-30-21(26-19)35-23(28-30)32-2/h3-11H,12H2,1-2H3. The smallest absolute Gasteiger partial charge is 0.294 e. The Morgan fingerprint density at radius 2 is 1.46 bits per heavy atom. The van der Waals surface area contributed by atoms with Gasteiger partial charge in [0.1, 0.15) is 18.2 Å². The molecule has 0 radical (unpaired) electrons. The zero-order valence-corrected chi connectivity index (χ0v) is 20.1. The van der Waals surface area contributed by atoms with Gasteiger partial charge in [0.2, 0.25) is 9.92 Å². The van der Waals surface area contributed by atoms with Crippen molar-refractivity contribution in [2.24, 2.45) is 0 Å². The molecule has 0 bridgehead atoms. The predicted octanol–water partition coefficient (Wildman–Crippen LogP) is 4.96. The minimum Gasteiger partial charge on any atom is -0.489 e. The summed E-state index contributed by atoms with van der Waals surface area (Å²) in [6, 6.07) is 12.4. The minimum atomic E-state index is -0.347. The van der Waals surface area contributed by atoms with Crippen LogP contribution in [-0.4, -0.2) is 43.4 Å². The lowest BCUT2D eigenvalue weighted by Crippen LogP contribution is -1.99. The Kier molecular flexibility index (Phi) is 5.30. The summed E-state index contributed by atoms with van der Waals surface area (Å²) in [5.74, 6) is 0.257. The van der Waals surface area contributed by atoms with E-state index in [2.05, 4.69) is 20.2 Å². The maximum atomic E-state index is 14.6. The molecule has 0 aliphatic carbocycles. The average Bonchev–Trinajstić information content (AvgIpc) is 3.62. The fourth-order valence-corrected chi connectivity index (χ4v) is 4.96. The second kappa shape index (κ2) is 8.64. The van der Waals surface area contributed by atoms with Gasteiger partial charge >= 0.3 is 0 Å². The van der Waals surface area contributed by atoms with E-state index in [4.69, 9.17) is 14.2 Å². The van der Waals surface area contributed by atoms with Crippen LogP contribution in [0.25, 0.3) is 32.4 Å². The minimum absolute atomic E-state index is 0.0639. The van der Waals surface area contributed by atoms with Crippen LogP contribution in [0.15, 0.2) is 54.9 Å². The molecular weight excluding hydrogens is 491 g/mol. The van der Waals surface area contributed by atoms with E-state index in [-0.39, 0.29) is 12.4 Å². The average molecular weight is 509 g/mol. The Morgan fingerprint density at radius 1 is 0.829 bits per heavy atom. The Balaban J connectivity index is 1.21. The van der Waals surface area contributed by atoms with Crippen LogP contribution in [0.2, 0.25) is 0 Å². The van der Waals surface area contributed by atoms with Crippen molar-refractivity contribution in [3.05, 3.63) is 66.2 Å². The number of ether oxygens (including phenoxy) is 3.